The molecule has 0 fully saturated rings. The third kappa shape index (κ3) is 3.87. The first-order valence-corrected chi connectivity index (χ1v) is 7.87. The highest BCUT2D eigenvalue weighted by Gasteiger charge is 2.15. The molecule has 0 aliphatic heterocycles. The molecule has 0 aromatic heterocycles. The van der Waals surface area contributed by atoms with Gasteiger partial charge in [-0.2, -0.15) is 11.8 Å². The topological polar surface area (TPSA) is 37.3 Å². The van der Waals surface area contributed by atoms with Gasteiger partial charge in [0.05, 0.1) is 6.42 Å². The molecule has 2 aromatic rings. The molecule has 0 saturated carbocycles. The summed E-state index contributed by atoms with van der Waals surface area (Å²) in [6.07, 6.45) is 2.95. The van der Waals surface area contributed by atoms with E-state index in [0.717, 1.165) is 6.42 Å². The van der Waals surface area contributed by atoms with E-state index in [-0.39, 0.29) is 11.7 Å². The Morgan fingerprint density at radius 2 is 1.75 bits per heavy atom. The van der Waals surface area contributed by atoms with Crippen molar-refractivity contribution in [2.75, 3.05) is 6.26 Å². The predicted molar refractivity (Wildman–Crippen MR) is 85.1 cm³/mol. The maximum absolute atomic E-state index is 10.9. The number of hydrogen-bond acceptors (Lipinski definition) is 2. The van der Waals surface area contributed by atoms with E-state index in [4.69, 9.17) is 5.11 Å². The Labute approximate surface area is 123 Å². The molecule has 20 heavy (non-hydrogen) atoms. The number of rotatable bonds is 6. The average Bonchev–Trinajstić information content (AvgIpc) is 2.47. The number of carboxylic acid groups (broad SMARTS) is 1. The molecule has 0 bridgehead atoms. The largest absolute Gasteiger partial charge is 0.481 e. The van der Waals surface area contributed by atoms with Crippen LogP contribution in [0.25, 0.3) is 11.1 Å². The predicted octanol–water partition coefficient (Wildman–Crippen LogP) is 4.10. The second-order valence-corrected chi connectivity index (χ2v) is 5.82. The number of thioether (sulfide) groups is 1. The van der Waals surface area contributed by atoms with Crippen LogP contribution >= 0.6 is 11.8 Å². The smallest absolute Gasteiger partial charge is 0.304 e. The summed E-state index contributed by atoms with van der Waals surface area (Å²) >= 11 is 1.62. The van der Waals surface area contributed by atoms with Gasteiger partial charge in [0.1, 0.15) is 0 Å². The molecule has 1 unspecified atom stereocenters. The van der Waals surface area contributed by atoms with Gasteiger partial charge in [-0.25, -0.2) is 0 Å². The first-order chi connectivity index (χ1) is 9.70. The van der Waals surface area contributed by atoms with Gasteiger partial charge in [-0.1, -0.05) is 54.6 Å². The molecule has 104 valence electrons. The average molecular weight is 286 g/mol. The van der Waals surface area contributed by atoms with E-state index >= 15 is 0 Å². The Morgan fingerprint density at radius 1 is 1.10 bits per heavy atom. The van der Waals surface area contributed by atoms with E-state index in [1.807, 2.05) is 36.6 Å². The molecule has 1 N–H and O–H groups in total. The molecule has 0 aliphatic rings. The van der Waals surface area contributed by atoms with Crippen molar-refractivity contribution in [3.8, 4) is 11.1 Å². The highest BCUT2D eigenvalue weighted by atomic mass is 32.2. The lowest BCUT2D eigenvalue weighted by atomic mass is 9.96. The van der Waals surface area contributed by atoms with Gasteiger partial charge in [0, 0.05) is 5.25 Å². The second-order valence-electron chi connectivity index (χ2n) is 4.68. The zero-order chi connectivity index (χ0) is 14.4. The van der Waals surface area contributed by atoms with Gasteiger partial charge in [0.25, 0.3) is 0 Å². The normalized spacial score (nSPS) is 12.1. The number of carbonyl (C=O) groups is 1. The number of carboxylic acids is 1. The molecule has 2 aromatic carbocycles. The van der Waals surface area contributed by atoms with Gasteiger partial charge >= 0.3 is 5.97 Å². The van der Waals surface area contributed by atoms with Crippen LogP contribution in [-0.2, 0) is 11.2 Å². The van der Waals surface area contributed by atoms with Crippen molar-refractivity contribution >= 4 is 17.7 Å². The lowest BCUT2D eigenvalue weighted by molar-refractivity contribution is -0.136. The fourth-order valence-electron chi connectivity index (χ4n) is 2.28. The zero-order valence-corrected chi connectivity index (χ0v) is 12.3. The lowest BCUT2D eigenvalue weighted by Gasteiger charge is -2.15. The molecule has 0 spiro atoms. The van der Waals surface area contributed by atoms with Crippen molar-refractivity contribution in [3.63, 3.8) is 0 Å². The van der Waals surface area contributed by atoms with Gasteiger partial charge in [-0.15, -0.1) is 0 Å². The highest BCUT2D eigenvalue weighted by molar-refractivity contribution is 7.99. The first kappa shape index (κ1) is 14.7. The van der Waals surface area contributed by atoms with Crippen LogP contribution in [-0.4, -0.2) is 22.6 Å². The summed E-state index contributed by atoms with van der Waals surface area (Å²) in [7, 11) is 0. The van der Waals surface area contributed by atoms with E-state index in [2.05, 4.69) is 24.3 Å². The van der Waals surface area contributed by atoms with Crippen LogP contribution in [0.5, 0.6) is 0 Å². The molecule has 2 nitrogen and oxygen atoms in total. The van der Waals surface area contributed by atoms with Crippen molar-refractivity contribution in [2.24, 2.45) is 0 Å². The summed E-state index contributed by atoms with van der Waals surface area (Å²) in [5.74, 6) is -0.735. The van der Waals surface area contributed by atoms with E-state index < -0.39 is 5.97 Å². The van der Waals surface area contributed by atoms with E-state index in [0.29, 0.717) is 0 Å². The zero-order valence-electron chi connectivity index (χ0n) is 11.5. The molecular weight excluding hydrogens is 268 g/mol. The van der Waals surface area contributed by atoms with Gasteiger partial charge in [0.2, 0.25) is 0 Å². The van der Waals surface area contributed by atoms with Crippen molar-refractivity contribution < 1.29 is 9.90 Å². The van der Waals surface area contributed by atoms with Crippen LogP contribution in [0.3, 0.4) is 0 Å². The van der Waals surface area contributed by atoms with Crippen molar-refractivity contribution in [3.05, 3.63) is 60.2 Å². The van der Waals surface area contributed by atoms with Crippen LogP contribution in [0, 0.1) is 0 Å². The molecular formula is C17H18O2S. The summed E-state index contributed by atoms with van der Waals surface area (Å²) in [4.78, 5) is 10.9. The van der Waals surface area contributed by atoms with Crippen LogP contribution in [0.4, 0.5) is 0 Å². The van der Waals surface area contributed by atoms with Gasteiger partial charge < -0.3 is 5.11 Å². The third-order valence-corrected chi connectivity index (χ3v) is 4.29. The summed E-state index contributed by atoms with van der Waals surface area (Å²) in [6, 6.07) is 18.5. The standard InChI is InChI=1S/C17H18O2S/c1-20-15(12-17(18)19)11-14-9-5-6-10-16(14)13-7-3-2-4-8-13/h2-10,15H,11-12H2,1H3,(H,18,19). The molecule has 3 heteroatoms. The van der Waals surface area contributed by atoms with Crippen molar-refractivity contribution in [1.82, 2.24) is 0 Å². The molecule has 0 saturated heterocycles. The molecule has 0 heterocycles. The van der Waals surface area contributed by atoms with E-state index in [1.165, 1.54) is 16.7 Å². The minimum atomic E-state index is -0.735. The summed E-state index contributed by atoms with van der Waals surface area (Å²) in [5, 5.41) is 9.07. The fraction of sp³-hybridized carbons (Fsp3) is 0.235. The Kier molecular flexibility index (Phi) is 5.24. The Morgan fingerprint density at radius 3 is 2.40 bits per heavy atom. The van der Waals surface area contributed by atoms with E-state index in [1.54, 1.807) is 11.8 Å². The SMILES string of the molecule is CSC(CC(=O)O)Cc1ccccc1-c1ccccc1. The summed E-state index contributed by atoms with van der Waals surface area (Å²) < 4.78 is 0. The Bertz CT molecular complexity index is 566. The quantitative estimate of drug-likeness (QED) is 0.868. The van der Waals surface area contributed by atoms with Crippen LogP contribution in [0.15, 0.2) is 54.6 Å². The molecule has 0 aliphatic carbocycles. The maximum Gasteiger partial charge on any atom is 0.304 e. The Balaban J connectivity index is 2.26. The third-order valence-electron chi connectivity index (χ3n) is 3.29. The Hall–Kier alpha value is -1.74. The van der Waals surface area contributed by atoms with Crippen molar-refractivity contribution in [2.45, 2.75) is 18.1 Å². The number of aliphatic carboxylic acids is 1. The molecule has 2 rings (SSSR count). The van der Waals surface area contributed by atoms with Crippen LogP contribution in [0.2, 0.25) is 0 Å². The monoisotopic (exact) mass is 286 g/mol. The van der Waals surface area contributed by atoms with Gasteiger partial charge in [-0.3, -0.25) is 4.79 Å². The van der Waals surface area contributed by atoms with Crippen LogP contribution < -0.4 is 0 Å². The minimum absolute atomic E-state index is 0.109. The summed E-state index contributed by atoms with van der Waals surface area (Å²) in [5.41, 5.74) is 3.58. The number of hydrogen-bond donors (Lipinski definition) is 1. The highest BCUT2D eigenvalue weighted by Crippen LogP contribution is 2.27. The van der Waals surface area contributed by atoms with Crippen LogP contribution in [0.1, 0.15) is 12.0 Å². The number of benzene rings is 2. The van der Waals surface area contributed by atoms with Gasteiger partial charge in [0.15, 0.2) is 0 Å². The lowest BCUT2D eigenvalue weighted by Crippen LogP contribution is -2.13. The minimum Gasteiger partial charge on any atom is -0.481 e. The summed E-state index contributed by atoms with van der Waals surface area (Å²) in [6.45, 7) is 0. The first-order valence-electron chi connectivity index (χ1n) is 6.58. The van der Waals surface area contributed by atoms with E-state index in [9.17, 15) is 4.79 Å². The second kappa shape index (κ2) is 7.15. The molecule has 1 atom stereocenters. The van der Waals surface area contributed by atoms with Crippen molar-refractivity contribution in [1.29, 1.82) is 0 Å². The fourth-order valence-corrected chi connectivity index (χ4v) is 2.93. The molecule has 0 amide bonds. The van der Waals surface area contributed by atoms with Gasteiger partial charge in [-0.05, 0) is 29.4 Å². The maximum atomic E-state index is 10.9. The molecule has 0 radical (unpaired) electrons.